The third kappa shape index (κ3) is 2.07. The highest BCUT2D eigenvalue weighted by Gasteiger charge is 2.20. The van der Waals surface area contributed by atoms with Gasteiger partial charge in [0.15, 0.2) is 0 Å². The molecule has 1 aromatic carbocycles. The molecule has 4 heteroatoms. The number of H-pyrrole nitrogens is 1. The van der Waals surface area contributed by atoms with Gasteiger partial charge in [0, 0.05) is 17.6 Å². The summed E-state index contributed by atoms with van der Waals surface area (Å²) >= 11 is 0. The molecule has 4 nitrogen and oxygen atoms in total. The van der Waals surface area contributed by atoms with E-state index in [0.717, 1.165) is 10.9 Å². The maximum absolute atomic E-state index is 12.4. The zero-order valence-electron chi connectivity index (χ0n) is 10.5. The highest BCUT2D eigenvalue weighted by molar-refractivity contribution is 6.05. The van der Waals surface area contributed by atoms with Gasteiger partial charge < -0.3 is 9.88 Å². The van der Waals surface area contributed by atoms with Gasteiger partial charge in [-0.3, -0.25) is 4.79 Å². The molecular formula is C14H15N3O. The van der Waals surface area contributed by atoms with E-state index in [1.165, 1.54) is 0 Å². The molecule has 92 valence electrons. The van der Waals surface area contributed by atoms with Gasteiger partial charge >= 0.3 is 0 Å². The van der Waals surface area contributed by atoms with Crippen LogP contribution in [0.3, 0.4) is 0 Å². The molecule has 0 spiro atoms. The van der Waals surface area contributed by atoms with Crippen LogP contribution in [0.25, 0.3) is 10.9 Å². The van der Waals surface area contributed by atoms with Gasteiger partial charge in [-0.25, -0.2) is 0 Å². The molecule has 2 rings (SSSR count). The Hall–Kier alpha value is -2.28. The Morgan fingerprint density at radius 2 is 2.22 bits per heavy atom. The number of fused-ring (bicyclic) bond motifs is 1. The Labute approximate surface area is 106 Å². The number of rotatable bonds is 3. The zero-order valence-corrected chi connectivity index (χ0v) is 10.5. The molecular weight excluding hydrogens is 226 g/mol. The second kappa shape index (κ2) is 4.92. The molecule has 2 aromatic rings. The summed E-state index contributed by atoms with van der Waals surface area (Å²) in [5.41, 5.74) is 1.44. The minimum Gasteiger partial charge on any atom is -0.361 e. The molecule has 0 atom stereocenters. The predicted molar refractivity (Wildman–Crippen MR) is 70.1 cm³/mol. The van der Waals surface area contributed by atoms with Gasteiger partial charge in [0.2, 0.25) is 0 Å². The van der Waals surface area contributed by atoms with Crippen LogP contribution in [0.15, 0.2) is 30.5 Å². The van der Waals surface area contributed by atoms with Crippen molar-refractivity contribution >= 4 is 16.8 Å². The first-order valence-corrected chi connectivity index (χ1v) is 5.89. The van der Waals surface area contributed by atoms with E-state index in [1.54, 1.807) is 11.0 Å². The minimum atomic E-state index is -0.111. The minimum absolute atomic E-state index is 0.00219. The van der Waals surface area contributed by atoms with Crippen molar-refractivity contribution in [1.29, 1.82) is 5.26 Å². The van der Waals surface area contributed by atoms with Gasteiger partial charge in [-0.2, -0.15) is 5.26 Å². The van der Waals surface area contributed by atoms with E-state index >= 15 is 0 Å². The van der Waals surface area contributed by atoms with Crippen LogP contribution in [0.4, 0.5) is 0 Å². The first kappa shape index (κ1) is 12.2. The van der Waals surface area contributed by atoms with Crippen molar-refractivity contribution in [2.75, 3.05) is 6.54 Å². The zero-order chi connectivity index (χ0) is 13.1. The number of carbonyl (C=O) groups excluding carboxylic acids is 1. The molecule has 1 amide bonds. The van der Waals surface area contributed by atoms with E-state index < -0.39 is 0 Å². The fourth-order valence-electron chi connectivity index (χ4n) is 1.98. The third-order valence-electron chi connectivity index (χ3n) is 2.94. The van der Waals surface area contributed by atoms with Gasteiger partial charge in [-0.15, -0.1) is 0 Å². The number of hydrogen-bond donors (Lipinski definition) is 1. The number of para-hydroxylation sites is 1. The Morgan fingerprint density at radius 3 is 2.89 bits per heavy atom. The van der Waals surface area contributed by atoms with Crippen molar-refractivity contribution in [2.45, 2.75) is 19.9 Å². The smallest absolute Gasteiger partial charge is 0.257 e. The summed E-state index contributed by atoms with van der Waals surface area (Å²) in [4.78, 5) is 17.1. The van der Waals surface area contributed by atoms with Crippen molar-refractivity contribution in [2.24, 2.45) is 0 Å². The predicted octanol–water partition coefficient (Wildman–Crippen LogP) is 2.54. The van der Waals surface area contributed by atoms with E-state index in [2.05, 4.69) is 4.98 Å². The number of benzene rings is 1. The molecule has 1 N–H and O–H groups in total. The van der Waals surface area contributed by atoms with Crippen LogP contribution in [0.5, 0.6) is 0 Å². The summed E-state index contributed by atoms with van der Waals surface area (Å²) in [5, 5.41) is 9.80. The molecule has 1 heterocycles. The van der Waals surface area contributed by atoms with Crippen LogP contribution in [-0.2, 0) is 0 Å². The fourth-order valence-corrected chi connectivity index (χ4v) is 1.98. The lowest BCUT2D eigenvalue weighted by molar-refractivity contribution is 0.0733. The molecule has 1 aromatic heterocycles. The van der Waals surface area contributed by atoms with Crippen LogP contribution in [-0.4, -0.2) is 28.4 Å². The lowest BCUT2D eigenvalue weighted by Gasteiger charge is -2.24. The van der Waals surface area contributed by atoms with Gasteiger partial charge in [0.1, 0.15) is 6.54 Å². The summed E-state index contributed by atoms with van der Waals surface area (Å²) in [5.74, 6) is -0.111. The number of nitrogens with one attached hydrogen (secondary N) is 1. The molecule has 0 unspecified atom stereocenters. The molecule has 0 aliphatic heterocycles. The van der Waals surface area contributed by atoms with Crippen molar-refractivity contribution < 1.29 is 4.79 Å². The molecule has 18 heavy (non-hydrogen) atoms. The molecule has 0 bridgehead atoms. The van der Waals surface area contributed by atoms with Gasteiger partial charge in [0.25, 0.3) is 5.91 Å². The maximum atomic E-state index is 12.4. The maximum Gasteiger partial charge on any atom is 0.257 e. The van der Waals surface area contributed by atoms with E-state index in [-0.39, 0.29) is 18.5 Å². The van der Waals surface area contributed by atoms with Crippen molar-refractivity contribution in [1.82, 2.24) is 9.88 Å². The van der Waals surface area contributed by atoms with Gasteiger partial charge in [-0.05, 0) is 26.0 Å². The largest absolute Gasteiger partial charge is 0.361 e. The Bertz CT molecular complexity index is 607. The molecule has 0 radical (unpaired) electrons. The third-order valence-corrected chi connectivity index (χ3v) is 2.94. The van der Waals surface area contributed by atoms with E-state index in [4.69, 9.17) is 5.26 Å². The number of aromatic nitrogens is 1. The van der Waals surface area contributed by atoms with Gasteiger partial charge in [0.05, 0.1) is 17.1 Å². The summed E-state index contributed by atoms with van der Waals surface area (Å²) in [6.07, 6.45) is 1.81. The lowest BCUT2D eigenvalue weighted by atomic mass is 10.1. The molecule has 0 aliphatic rings. The second-order valence-corrected chi connectivity index (χ2v) is 4.43. The molecule has 0 saturated heterocycles. The Kier molecular flexibility index (Phi) is 3.33. The number of carbonyl (C=O) groups is 1. The molecule has 0 fully saturated rings. The second-order valence-electron chi connectivity index (χ2n) is 4.43. The Morgan fingerprint density at radius 1 is 1.44 bits per heavy atom. The van der Waals surface area contributed by atoms with Crippen molar-refractivity contribution in [3.05, 3.63) is 36.0 Å². The first-order chi connectivity index (χ1) is 8.65. The topological polar surface area (TPSA) is 59.9 Å². The van der Waals surface area contributed by atoms with E-state index in [9.17, 15) is 4.79 Å². The van der Waals surface area contributed by atoms with Crippen LogP contribution in [0, 0.1) is 11.3 Å². The van der Waals surface area contributed by atoms with E-state index in [1.807, 2.05) is 44.3 Å². The number of aromatic amines is 1. The fraction of sp³-hybridized carbons (Fsp3) is 0.286. The summed E-state index contributed by atoms with van der Waals surface area (Å²) in [7, 11) is 0. The highest BCUT2D eigenvalue weighted by Crippen LogP contribution is 2.19. The standard InChI is InChI=1S/C14H15N3O/c1-10(2)17(9-7-15)14(18)12-5-3-4-11-6-8-16-13(11)12/h3-6,8,10,16H,9H2,1-2H3. The van der Waals surface area contributed by atoms with Crippen LogP contribution >= 0.6 is 0 Å². The van der Waals surface area contributed by atoms with Crippen molar-refractivity contribution in [3.8, 4) is 6.07 Å². The normalized spacial score (nSPS) is 10.6. The Balaban J connectivity index is 2.44. The van der Waals surface area contributed by atoms with E-state index in [0.29, 0.717) is 5.56 Å². The first-order valence-electron chi connectivity index (χ1n) is 5.89. The van der Waals surface area contributed by atoms with Crippen LogP contribution < -0.4 is 0 Å². The van der Waals surface area contributed by atoms with Crippen LogP contribution in [0.2, 0.25) is 0 Å². The molecule has 0 aliphatic carbocycles. The molecule has 0 saturated carbocycles. The van der Waals surface area contributed by atoms with Crippen LogP contribution in [0.1, 0.15) is 24.2 Å². The average Bonchev–Trinajstić information content (AvgIpc) is 2.82. The summed E-state index contributed by atoms with van der Waals surface area (Å²) < 4.78 is 0. The highest BCUT2D eigenvalue weighted by atomic mass is 16.2. The van der Waals surface area contributed by atoms with Crippen molar-refractivity contribution in [3.63, 3.8) is 0 Å². The number of nitriles is 1. The SMILES string of the molecule is CC(C)N(CC#N)C(=O)c1cccc2cc[nH]c12. The lowest BCUT2D eigenvalue weighted by Crippen LogP contribution is -2.37. The number of amides is 1. The van der Waals surface area contributed by atoms with Gasteiger partial charge in [-0.1, -0.05) is 12.1 Å². The summed E-state index contributed by atoms with van der Waals surface area (Å²) in [6.45, 7) is 3.92. The monoisotopic (exact) mass is 241 g/mol. The quantitative estimate of drug-likeness (QED) is 0.839. The summed E-state index contributed by atoms with van der Waals surface area (Å²) in [6, 6.07) is 9.56. The average molecular weight is 241 g/mol. The number of nitrogens with zero attached hydrogens (tertiary/aromatic N) is 2. The number of hydrogen-bond acceptors (Lipinski definition) is 2.